The Kier molecular flexibility index (Phi) is 3.91. The van der Waals surface area contributed by atoms with Crippen LogP contribution >= 0.6 is 0 Å². The number of aryl methyl sites for hydroxylation is 1. The lowest BCUT2D eigenvalue weighted by atomic mass is 10.0. The topological polar surface area (TPSA) is 59.4 Å². The lowest BCUT2D eigenvalue weighted by Crippen LogP contribution is -2.57. The minimum absolute atomic E-state index is 0.0693. The SMILES string of the molecule is CNC(=O)[C@]1(C)CN(Cc2cnn(C)c2C)CCO1. The molecule has 1 amide bonds. The molecule has 1 aliphatic heterocycles. The fourth-order valence-electron chi connectivity index (χ4n) is 2.43. The van der Waals surface area contributed by atoms with E-state index in [1.54, 1.807) is 7.05 Å². The highest BCUT2D eigenvalue weighted by molar-refractivity contribution is 5.84. The van der Waals surface area contributed by atoms with Crippen molar-refractivity contribution in [2.75, 3.05) is 26.7 Å². The molecule has 6 nitrogen and oxygen atoms in total. The van der Waals surface area contributed by atoms with E-state index in [-0.39, 0.29) is 5.91 Å². The molecular formula is C13H22N4O2. The van der Waals surface area contributed by atoms with E-state index in [9.17, 15) is 4.79 Å². The Hall–Kier alpha value is -1.40. The summed E-state index contributed by atoms with van der Waals surface area (Å²) in [6, 6.07) is 0. The number of hydrogen-bond acceptors (Lipinski definition) is 4. The fraction of sp³-hybridized carbons (Fsp3) is 0.692. The zero-order valence-electron chi connectivity index (χ0n) is 12.1. The Balaban J connectivity index is 2.06. The number of nitrogens with one attached hydrogen (secondary N) is 1. The van der Waals surface area contributed by atoms with Crippen LogP contribution in [0.3, 0.4) is 0 Å². The van der Waals surface area contributed by atoms with Crippen molar-refractivity contribution in [3.05, 3.63) is 17.5 Å². The Labute approximate surface area is 113 Å². The second kappa shape index (κ2) is 5.30. The minimum atomic E-state index is -0.761. The van der Waals surface area contributed by atoms with Crippen LogP contribution in [0.4, 0.5) is 0 Å². The number of amides is 1. The molecule has 0 radical (unpaired) electrons. The molecule has 0 spiro atoms. The van der Waals surface area contributed by atoms with Crippen LogP contribution in [0, 0.1) is 6.92 Å². The van der Waals surface area contributed by atoms with E-state index in [1.807, 2.05) is 24.9 Å². The first-order valence-corrected chi connectivity index (χ1v) is 6.52. The molecule has 1 N–H and O–H groups in total. The highest BCUT2D eigenvalue weighted by Gasteiger charge is 2.38. The maximum atomic E-state index is 11.9. The molecule has 0 bridgehead atoms. The first-order valence-electron chi connectivity index (χ1n) is 6.52. The number of hydrogen-bond donors (Lipinski definition) is 1. The number of aromatic nitrogens is 2. The van der Waals surface area contributed by atoms with Crippen LogP contribution in [0.1, 0.15) is 18.2 Å². The van der Waals surface area contributed by atoms with Crippen molar-refractivity contribution in [3.63, 3.8) is 0 Å². The van der Waals surface area contributed by atoms with Gasteiger partial charge in [-0.25, -0.2) is 0 Å². The van der Waals surface area contributed by atoms with Crippen molar-refractivity contribution in [1.29, 1.82) is 0 Å². The van der Waals surface area contributed by atoms with E-state index in [4.69, 9.17) is 4.74 Å². The van der Waals surface area contributed by atoms with Crippen LogP contribution in [0.15, 0.2) is 6.20 Å². The van der Waals surface area contributed by atoms with E-state index in [1.165, 1.54) is 5.56 Å². The zero-order valence-corrected chi connectivity index (χ0v) is 12.1. The summed E-state index contributed by atoms with van der Waals surface area (Å²) >= 11 is 0. The van der Waals surface area contributed by atoms with Gasteiger partial charge in [0.1, 0.15) is 0 Å². The van der Waals surface area contributed by atoms with Gasteiger partial charge in [-0.15, -0.1) is 0 Å². The first kappa shape index (κ1) is 14.0. The Morgan fingerprint density at radius 3 is 2.95 bits per heavy atom. The van der Waals surface area contributed by atoms with Crippen molar-refractivity contribution < 1.29 is 9.53 Å². The van der Waals surface area contributed by atoms with Gasteiger partial charge in [-0.1, -0.05) is 0 Å². The van der Waals surface area contributed by atoms with Crippen LogP contribution in [-0.2, 0) is 23.1 Å². The average Bonchev–Trinajstić information content (AvgIpc) is 2.70. The first-order chi connectivity index (χ1) is 8.96. The normalized spacial score (nSPS) is 24.4. The van der Waals surface area contributed by atoms with Crippen molar-refractivity contribution >= 4 is 5.91 Å². The molecule has 1 fully saturated rings. The molecule has 106 valence electrons. The molecule has 1 atom stereocenters. The van der Waals surface area contributed by atoms with Crippen LogP contribution in [-0.4, -0.2) is 52.9 Å². The zero-order chi connectivity index (χ0) is 14.0. The second-order valence-corrected chi connectivity index (χ2v) is 5.25. The molecule has 6 heteroatoms. The van der Waals surface area contributed by atoms with Gasteiger partial charge in [-0.3, -0.25) is 14.4 Å². The standard InChI is InChI=1S/C13H22N4O2/c1-10-11(7-15-16(10)4)8-17-5-6-19-13(2,9-17)12(18)14-3/h7H,5-6,8-9H2,1-4H3,(H,14,18)/t13-/m0/s1. The van der Waals surface area contributed by atoms with Crippen LogP contribution < -0.4 is 5.32 Å². The molecule has 19 heavy (non-hydrogen) atoms. The van der Waals surface area contributed by atoms with Crippen molar-refractivity contribution in [3.8, 4) is 0 Å². The van der Waals surface area contributed by atoms with Crippen LogP contribution in [0.2, 0.25) is 0 Å². The highest BCUT2D eigenvalue weighted by atomic mass is 16.5. The number of carbonyl (C=O) groups excluding carboxylic acids is 1. The van der Waals surface area contributed by atoms with E-state index in [0.29, 0.717) is 13.2 Å². The Morgan fingerprint density at radius 1 is 1.63 bits per heavy atom. The minimum Gasteiger partial charge on any atom is -0.363 e. The largest absolute Gasteiger partial charge is 0.363 e. The molecule has 1 aromatic rings. The molecule has 0 aromatic carbocycles. The summed E-state index contributed by atoms with van der Waals surface area (Å²) in [6.07, 6.45) is 1.89. The monoisotopic (exact) mass is 266 g/mol. The maximum Gasteiger partial charge on any atom is 0.253 e. The summed E-state index contributed by atoms with van der Waals surface area (Å²) in [5.74, 6) is -0.0693. The molecule has 1 saturated heterocycles. The van der Waals surface area contributed by atoms with Gasteiger partial charge in [-0.2, -0.15) is 5.10 Å². The fourth-order valence-corrected chi connectivity index (χ4v) is 2.43. The van der Waals surface area contributed by atoms with Gasteiger partial charge < -0.3 is 10.1 Å². The van der Waals surface area contributed by atoms with Gasteiger partial charge in [-0.05, 0) is 13.8 Å². The quantitative estimate of drug-likeness (QED) is 0.841. The smallest absolute Gasteiger partial charge is 0.253 e. The molecule has 1 aromatic heterocycles. The third-order valence-corrected chi connectivity index (χ3v) is 3.79. The number of likely N-dealkylation sites (N-methyl/N-ethyl adjacent to an activating group) is 1. The summed E-state index contributed by atoms with van der Waals surface area (Å²) < 4.78 is 7.52. The van der Waals surface area contributed by atoms with E-state index < -0.39 is 5.60 Å². The van der Waals surface area contributed by atoms with Gasteiger partial charge >= 0.3 is 0 Å². The summed E-state index contributed by atoms with van der Waals surface area (Å²) in [4.78, 5) is 14.1. The van der Waals surface area contributed by atoms with E-state index in [2.05, 4.69) is 22.2 Å². The van der Waals surface area contributed by atoms with Gasteiger partial charge in [0.15, 0.2) is 5.60 Å². The van der Waals surface area contributed by atoms with Crippen LogP contribution in [0.5, 0.6) is 0 Å². The van der Waals surface area contributed by atoms with Gasteiger partial charge in [0, 0.05) is 45.0 Å². The van der Waals surface area contributed by atoms with Crippen molar-refractivity contribution in [1.82, 2.24) is 20.0 Å². The molecular weight excluding hydrogens is 244 g/mol. The number of rotatable bonds is 3. The summed E-state index contributed by atoms with van der Waals surface area (Å²) in [5.41, 5.74) is 1.60. The molecule has 0 saturated carbocycles. The Bertz CT molecular complexity index is 471. The number of morpholine rings is 1. The third-order valence-electron chi connectivity index (χ3n) is 3.79. The molecule has 1 aliphatic rings. The van der Waals surface area contributed by atoms with E-state index >= 15 is 0 Å². The summed E-state index contributed by atoms with van der Waals surface area (Å²) in [7, 11) is 3.58. The van der Waals surface area contributed by atoms with Gasteiger partial charge in [0.05, 0.1) is 12.8 Å². The lowest BCUT2D eigenvalue weighted by Gasteiger charge is -2.39. The lowest BCUT2D eigenvalue weighted by molar-refractivity contribution is -0.156. The van der Waals surface area contributed by atoms with Crippen molar-refractivity contribution in [2.45, 2.75) is 26.0 Å². The third kappa shape index (κ3) is 2.79. The maximum absolute atomic E-state index is 11.9. The average molecular weight is 266 g/mol. The van der Waals surface area contributed by atoms with Gasteiger partial charge in [0.25, 0.3) is 5.91 Å². The molecule has 2 heterocycles. The second-order valence-electron chi connectivity index (χ2n) is 5.25. The predicted octanol–water partition coefficient (Wildman–Crippen LogP) is 0.0654. The predicted molar refractivity (Wildman–Crippen MR) is 71.6 cm³/mol. The van der Waals surface area contributed by atoms with E-state index in [0.717, 1.165) is 18.8 Å². The molecule has 0 unspecified atom stereocenters. The number of nitrogens with zero attached hydrogens (tertiary/aromatic N) is 3. The van der Waals surface area contributed by atoms with Crippen LogP contribution in [0.25, 0.3) is 0 Å². The van der Waals surface area contributed by atoms with Gasteiger partial charge in [0.2, 0.25) is 0 Å². The highest BCUT2D eigenvalue weighted by Crippen LogP contribution is 2.20. The Morgan fingerprint density at radius 2 is 2.37 bits per heavy atom. The number of carbonyl (C=O) groups is 1. The van der Waals surface area contributed by atoms with Crippen molar-refractivity contribution in [2.24, 2.45) is 7.05 Å². The summed E-state index contributed by atoms with van der Waals surface area (Å²) in [5, 5.41) is 6.92. The summed E-state index contributed by atoms with van der Waals surface area (Å²) in [6.45, 7) is 6.70. The number of ether oxygens (including phenoxy) is 1. The molecule has 2 rings (SSSR count). The molecule has 0 aliphatic carbocycles.